The molecule has 1 unspecified atom stereocenters. The number of hydrogen-bond donors (Lipinski definition) is 2. The van der Waals surface area contributed by atoms with Crippen molar-refractivity contribution in [2.75, 3.05) is 6.54 Å². The van der Waals surface area contributed by atoms with E-state index >= 15 is 0 Å². The van der Waals surface area contributed by atoms with Gasteiger partial charge in [-0.2, -0.15) is 0 Å². The van der Waals surface area contributed by atoms with Gasteiger partial charge in [0.15, 0.2) is 0 Å². The highest BCUT2D eigenvalue weighted by Crippen LogP contribution is 2.24. The Bertz CT molecular complexity index is 263. The molecule has 3 N–H and O–H groups in total. The van der Waals surface area contributed by atoms with Crippen LogP contribution in [0.3, 0.4) is 0 Å². The Hall–Kier alpha value is -1.26. The van der Waals surface area contributed by atoms with E-state index in [2.05, 4.69) is 19.0 Å². The molecule has 0 spiro atoms. The fraction of sp³-hybridized carbons (Fsp3) is 0.800. The first-order valence-corrected chi connectivity index (χ1v) is 5.32. The predicted octanol–water partition coefficient (Wildman–Crippen LogP) is 0.770. The molecule has 0 aromatic carbocycles. The van der Waals surface area contributed by atoms with Crippen molar-refractivity contribution >= 4 is 11.7 Å². The van der Waals surface area contributed by atoms with Gasteiger partial charge in [-0.05, 0) is 18.8 Å². The van der Waals surface area contributed by atoms with Crippen LogP contribution in [0.5, 0.6) is 0 Å². The number of nitrogens with zero attached hydrogens (tertiary/aromatic N) is 2. The van der Waals surface area contributed by atoms with E-state index in [0.717, 1.165) is 19.4 Å². The summed E-state index contributed by atoms with van der Waals surface area (Å²) in [4.78, 5) is 13.6. The van der Waals surface area contributed by atoms with Crippen LogP contribution < -0.4 is 5.73 Å². The van der Waals surface area contributed by atoms with Gasteiger partial charge in [0, 0.05) is 12.6 Å². The van der Waals surface area contributed by atoms with Gasteiger partial charge in [0.2, 0.25) is 5.91 Å². The summed E-state index contributed by atoms with van der Waals surface area (Å²) >= 11 is 0. The number of hydrogen-bond acceptors (Lipinski definition) is 3. The molecule has 5 heteroatoms. The van der Waals surface area contributed by atoms with Gasteiger partial charge < -0.3 is 15.8 Å². The molecule has 1 heterocycles. The highest BCUT2D eigenvalue weighted by Gasteiger charge is 2.30. The first kappa shape index (κ1) is 11.8. The monoisotopic (exact) mass is 213 g/mol. The molecule has 1 saturated heterocycles. The van der Waals surface area contributed by atoms with Gasteiger partial charge in [0.1, 0.15) is 5.84 Å². The Morgan fingerprint density at radius 1 is 1.67 bits per heavy atom. The smallest absolute Gasteiger partial charge is 0.230 e. The second kappa shape index (κ2) is 5.00. The largest absolute Gasteiger partial charge is 0.409 e. The molecule has 1 aliphatic rings. The second-order valence-electron chi connectivity index (χ2n) is 4.31. The maximum atomic E-state index is 11.8. The molecule has 0 saturated carbocycles. The van der Waals surface area contributed by atoms with Crippen molar-refractivity contribution in [2.45, 2.75) is 39.2 Å². The van der Waals surface area contributed by atoms with Crippen molar-refractivity contribution < 1.29 is 10.0 Å². The normalized spacial score (nSPS) is 22.5. The van der Waals surface area contributed by atoms with Crippen LogP contribution in [0, 0.1) is 5.92 Å². The maximum absolute atomic E-state index is 11.8. The molecule has 0 aromatic rings. The topological polar surface area (TPSA) is 78.9 Å². The number of amides is 1. The lowest BCUT2D eigenvalue weighted by Crippen LogP contribution is -2.40. The first-order chi connectivity index (χ1) is 7.06. The van der Waals surface area contributed by atoms with Gasteiger partial charge in [0.05, 0.1) is 6.42 Å². The minimum Gasteiger partial charge on any atom is -0.409 e. The van der Waals surface area contributed by atoms with Gasteiger partial charge in [-0.15, -0.1) is 0 Å². The van der Waals surface area contributed by atoms with Gasteiger partial charge in [-0.1, -0.05) is 19.0 Å². The average Bonchev–Trinajstić information content (AvgIpc) is 2.65. The van der Waals surface area contributed by atoms with Crippen molar-refractivity contribution in [2.24, 2.45) is 16.8 Å². The highest BCUT2D eigenvalue weighted by atomic mass is 16.4. The number of likely N-dealkylation sites (tertiary alicyclic amines) is 1. The molecule has 1 aliphatic heterocycles. The van der Waals surface area contributed by atoms with E-state index in [1.165, 1.54) is 0 Å². The Balaban J connectivity index is 2.59. The third kappa shape index (κ3) is 2.84. The van der Waals surface area contributed by atoms with E-state index in [0.29, 0.717) is 12.0 Å². The fourth-order valence-electron chi connectivity index (χ4n) is 2.09. The third-order valence-electron chi connectivity index (χ3n) is 2.85. The summed E-state index contributed by atoms with van der Waals surface area (Å²) in [6.07, 6.45) is 2.12. The molecule has 86 valence electrons. The Kier molecular flexibility index (Phi) is 3.94. The van der Waals surface area contributed by atoms with E-state index in [1.807, 2.05) is 4.90 Å². The highest BCUT2D eigenvalue weighted by molar-refractivity contribution is 5.98. The van der Waals surface area contributed by atoms with Gasteiger partial charge in [0.25, 0.3) is 0 Å². The SMILES string of the molecule is CC(C)C1CCCN1C(=O)CC(N)=NO. The molecular weight excluding hydrogens is 194 g/mol. The average molecular weight is 213 g/mol. The van der Waals surface area contributed by atoms with E-state index in [1.54, 1.807) is 0 Å². The van der Waals surface area contributed by atoms with Gasteiger partial charge >= 0.3 is 0 Å². The summed E-state index contributed by atoms with van der Waals surface area (Å²) in [5, 5.41) is 11.2. The summed E-state index contributed by atoms with van der Waals surface area (Å²) in [5.74, 6) is 0.402. The fourth-order valence-corrected chi connectivity index (χ4v) is 2.09. The maximum Gasteiger partial charge on any atom is 0.230 e. The summed E-state index contributed by atoms with van der Waals surface area (Å²) < 4.78 is 0. The van der Waals surface area contributed by atoms with Crippen LogP contribution in [0.2, 0.25) is 0 Å². The van der Waals surface area contributed by atoms with Crippen molar-refractivity contribution in [3.05, 3.63) is 0 Å². The lowest BCUT2D eigenvalue weighted by atomic mass is 10.0. The lowest BCUT2D eigenvalue weighted by Gasteiger charge is -2.27. The number of amidine groups is 1. The van der Waals surface area contributed by atoms with Crippen LogP contribution >= 0.6 is 0 Å². The quantitative estimate of drug-likeness (QED) is 0.314. The zero-order chi connectivity index (χ0) is 11.4. The summed E-state index contributed by atoms with van der Waals surface area (Å²) in [6.45, 7) is 5.01. The van der Waals surface area contributed by atoms with Gasteiger partial charge in [-0.25, -0.2) is 0 Å². The minimum atomic E-state index is -0.0403. The summed E-state index contributed by atoms with van der Waals surface area (Å²) in [7, 11) is 0. The molecule has 5 nitrogen and oxygen atoms in total. The van der Waals surface area contributed by atoms with Crippen LogP contribution in [0.4, 0.5) is 0 Å². The molecule has 1 atom stereocenters. The van der Waals surface area contributed by atoms with Crippen LogP contribution in [0.1, 0.15) is 33.1 Å². The lowest BCUT2D eigenvalue weighted by molar-refractivity contribution is -0.131. The van der Waals surface area contributed by atoms with E-state index in [4.69, 9.17) is 10.9 Å². The van der Waals surface area contributed by atoms with Crippen molar-refractivity contribution in [1.29, 1.82) is 0 Å². The summed E-state index contributed by atoms with van der Waals surface area (Å²) in [5.41, 5.74) is 5.32. The van der Waals surface area contributed by atoms with Crippen LogP contribution in [-0.4, -0.2) is 34.4 Å². The molecule has 0 radical (unpaired) electrons. The Morgan fingerprint density at radius 3 is 2.87 bits per heavy atom. The van der Waals surface area contributed by atoms with Crippen molar-refractivity contribution in [1.82, 2.24) is 4.90 Å². The number of oxime groups is 1. The van der Waals surface area contributed by atoms with E-state index < -0.39 is 0 Å². The van der Waals surface area contributed by atoms with Crippen LogP contribution in [-0.2, 0) is 4.79 Å². The number of carbonyl (C=O) groups excluding carboxylic acids is 1. The standard InChI is InChI=1S/C10H19N3O2/c1-7(2)8-4-3-5-13(8)10(14)6-9(11)12-15/h7-8,15H,3-6H2,1-2H3,(H2,11,12). The number of nitrogens with two attached hydrogens (primary N) is 1. The number of rotatable bonds is 3. The zero-order valence-electron chi connectivity index (χ0n) is 9.31. The molecule has 0 aliphatic carbocycles. The predicted molar refractivity (Wildman–Crippen MR) is 57.6 cm³/mol. The Morgan fingerprint density at radius 2 is 2.33 bits per heavy atom. The molecule has 1 fully saturated rings. The Labute approximate surface area is 89.9 Å². The summed E-state index contributed by atoms with van der Waals surface area (Å²) in [6, 6.07) is 0.309. The third-order valence-corrected chi connectivity index (χ3v) is 2.85. The van der Waals surface area contributed by atoms with E-state index in [-0.39, 0.29) is 18.2 Å². The van der Waals surface area contributed by atoms with Gasteiger partial charge in [-0.3, -0.25) is 4.79 Å². The number of carbonyl (C=O) groups is 1. The molecular formula is C10H19N3O2. The molecule has 1 amide bonds. The molecule has 0 aromatic heterocycles. The molecule has 0 bridgehead atoms. The molecule has 1 rings (SSSR count). The van der Waals surface area contributed by atoms with Crippen LogP contribution in [0.15, 0.2) is 5.16 Å². The minimum absolute atomic E-state index is 0.0136. The van der Waals surface area contributed by atoms with Crippen LogP contribution in [0.25, 0.3) is 0 Å². The van der Waals surface area contributed by atoms with E-state index in [9.17, 15) is 4.79 Å². The first-order valence-electron chi connectivity index (χ1n) is 5.32. The van der Waals surface area contributed by atoms with Crippen molar-refractivity contribution in [3.63, 3.8) is 0 Å². The zero-order valence-corrected chi connectivity index (χ0v) is 9.31. The molecule has 15 heavy (non-hydrogen) atoms. The second-order valence-corrected chi connectivity index (χ2v) is 4.31. The van der Waals surface area contributed by atoms with Crippen molar-refractivity contribution in [3.8, 4) is 0 Å².